The number of carboxylic acids is 1. The van der Waals surface area contributed by atoms with E-state index in [1.54, 1.807) is 12.3 Å². The van der Waals surface area contributed by atoms with Gasteiger partial charge in [-0.3, -0.25) is 28.9 Å². The Kier molecular flexibility index (Phi) is 16.6. The minimum Gasteiger partial charge on any atom is -0.476 e. The highest BCUT2D eigenvalue weighted by Crippen LogP contribution is 2.64. The first-order chi connectivity index (χ1) is 35.1. The zero-order valence-corrected chi connectivity index (χ0v) is 45.4. The predicted molar refractivity (Wildman–Crippen MR) is 287 cm³/mol. The monoisotopic (exact) mass is 1070 g/mol. The Labute approximate surface area is 442 Å². The van der Waals surface area contributed by atoms with Gasteiger partial charge in [-0.15, -0.1) is 11.6 Å². The Morgan fingerprint density at radius 1 is 0.932 bits per heavy atom. The number of anilines is 2. The number of ether oxygens (including phenoxy) is 1. The van der Waals surface area contributed by atoms with E-state index in [-0.39, 0.29) is 71.7 Å². The fraction of sp³-hybridized carbons (Fsp3) is 0.537. The summed E-state index contributed by atoms with van der Waals surface area (Å²) in [6, 6.07) is 17.1. The van der Waals surface area contributed by atoms with E-state index >= 15 is 0 Å². The van der Waals surface area contributed by atoms with Crippen molar-refractivity contribution >= 4 is 77.9 Å². The molecule has 2 bridgehead atoms. The lowest BCUT2D eigenvalue weighted by molar-refractivity contribution is -0.199. The summed E-state index contributed by atoms with van der Waals surface area (Å²) >= 11 is 6.97. The van der Waals surface area contributed by atoms with Crippen LogP contribution in [0.4, 0.5) is 10.9 Å². The van der Waals surface area contributed by atoms with Crippen molar-refractivity contribution in [2.45, 2.75) is 124 Å². The zero-order chi connectivity index (χ0) is 53.1. The summed E-state index contributed by atoms with van der Waals surface area (Å²) in [7, 11) is -4.33. The number of benzene rings is 2. The topological polar surface area (TPSA) is 226 Å². The number of amides is 3. The van der Waals surface area contributed by atoms with Crippen LogP contribution >= 0.6 is 22.9 Å². The molecular formula is C54H69ClN8O9S2. The van der Waals surface area contributed by atoms with Crippen molar-refractivity contribution in [3.05, 3.63) is 88.9 Å². The first-order valence-corrected chi connectivity index (χ1v) is 28.6. The lowest BCUT2D eigenvalue weighted by Crippen LogP contribution is -2.58. The van der Waals surface area contributed by atoms with Crippen LogP contribution in [0.25, 0.3) is 21.3 Å². The molecule has 3 amide bonds. The molecule has 8 rings (SSSR count). The van der Waals surface area contributed by atoms with E-state index in [4.69, 9.17) is 26.4 Å². The molecule has 0 spiro atoms. The van der Waals surface area contributed by atoms with Gasteiger partial charge in [0.15, 0.2) is 10.8 Å². The minimum absolute atomic E-state index is 0.0376. The quantitative estimate of drug-likeness (QED) is 0.0288. The van der Waals surface area contributed by atoms with E-state index in [2.05, 4.69) is 43.3 Å². The Morgan fingerprint density at radius 2 is 1.73 bits per heavy atom. The predicted octanol–water partition coefficient (Wildman–Crippen LogP) is 9.17. The molecule has 0 saturated heterocycles. The van der Waals surface area contributed by atoms with Gasteiger partial charge in [0.2, 0.25) is 11.8 Å². The third kappa shape index (κ3) is 12.9. The number of carbonyl (C=O) groups is 4. The van der Waals surface area contributed by atoms with Crippen molar-refractivity contribution in [1.29, 1.82) is 0 Å². The maximum absolute atomic E-state index is 13.7. The number of fused-ring (bicyclic) bond motifs is 4. The molecule has 2 aliphatic carbocycles. The molecule has 17 nitrogen and oxygen atoms in total. The Morgan fingerprint density at radius 3 is 2.47 bits per heavy atom. The van der Waals surface area contributed by atoms with Crippen molar-refractivity contribution in [3.8, 4) is 11.1 Å². The first kappa shape index (κ1) is 54.8. The van der Waals surface area contributed by atoms with Gasteiger partial charge in [-0.1, -0.05) is 69.7 Å². The molecule has 3 unspecified atom stereocenters. The second-order valence-corrected chi connectivity index (χ2v) is 24.8. The molecule has 2 fully saturated rings. The third-order valence-electron chi connectivity index (χ3n) is 15.3. The van der Waals surface area contributed by atoms with Gasteiger partial charge in [0, 0.05) is 68.1 Å². The number of aromatic carboxylic acids is 1. The molecule has 74 heavy (non-hydrogen) atoms. The van der Waals surface area contributed by atoms with Crippen LogP contribution in [0.3, 0.4) is 0 Å². The second kappa shape index (κ2) is 22.4. The van der Waals surface area contributed by atoms with Crippen LogP contribution < -0.4 is 15.5 Å². The number of alkyl halides is 1. The average molecular weight is 1070 g/mol. The molecular weight excluding hydrogens is 1000 g/mol. The summed E-state index contributed by atoms with van der Waals surface area (Å²) in [4.78, 5) is 64.6. The van der Waals surface area contributed by atoms with Crippen molar-refractivity contribution in [3.63, 3.8) is 0 Å². The van der Waals surface area contributed by atoms with E-state index in [0.717, 1.165) is 65.6 Å². The highest BCUT2D eigenvalue weighted by atomic mass is 35.5. The molecule has 2 aromatic carbocycles. The largest absolute Gasteiger partial charge is 0.476 e. The molecule has 3 aromatic heterocycles. The van der Waals surface area contributed by atoms with Gasteiger partial charge >= 0.3 is 5.97 Å². The summed E-state index contributed by atoms with van der Waals surface area (Å²) in [5.74, 6) is -2.10. The van der Waals surface area contributed by atoms with Gasteiger partial charge in [-0.25, -0.2) is 14.8 Å². The first-order valence-electron chi connectivity index (χ1n) is 25.6. The smallest absolute Gasteiger partial charge is 0.355 e. The molecule has 0 radical (unpaired) electrons. The number of para-hydroxylation sites is 1. The van der Waals surface area contributed by atoms with Crippen molar-refractivity contribution in [2.24, 2.45) is 16.2 Å². The normalized spacial score (nSPS) is 21.3. The number of hydrogen-bond acceptors (Lipinski definition) is 12. The van der Waals surface area contributed by atoms with Crippen LogP contribution in [-0.4, -0.2) is 116 Å². The van der Waals surface area contributed by atoms with Gasteiger partial charge in [0.1, 0.15) is 11.7 Å². The summed E-state index contributed by atoms with van der Waals surface area (Å²) in [5.41, 5.74) is 4.19. The third-order valence-corrected chi connectivity index (χ3v) is 17.2. The number of aromatic nitrogens is 4. The fourth-order valence-corrected chi connectivity index (χ4v) is 14.2. The SMILES string of the molecule is CCC1(Cn2ncc(-c3ccc(N4CCc5cccc(C(=O)Nc6nc7ccccc7s6)c5C4)nc3C(=O)O)c2C)CC2(C)CC(C)(C)CC(OCCN(CCS(=O)(=O)O)C(=O)CCCCCNC(=O)CCl)(C2)C1. The molecule has 4 heterocycles. The van der Waals surface area contributed by atoms with Gasteiger partial charge in [0.05, 0.1) is 34.4 Å². The highest BCUT2D eigenvalue weighted by molar-refractivity contribution is 7.85. The molecule has 398 valence electrons. The van der Waals surface area contributed by atoms with Gasteiger partial charge in [-0.2, -0.15) is 13.5 Å². The Bertz CT molecular complexity index is 2980. The van der Waals surface area contributed by atoms with Gasteiger partial charge in [0.25, 0.3) is 16.0 Å². The molecule has 1 aliphatic heterocycles. The van der Waals surface area contributed by atoms with Crippen LogP contribution in [-0.2, 0) is 44.0 Å². The zero-order valence-electron chi connectivity index (χ0n) is 43.0. The fourth-order valence-electron chi connectivity index (χ4n) is 12.8. The standard InChI is InChI=1S/C54H69ClN8O9S2/c1-6-53(32-52(5)30-51(3,4)31-54(33-52,34-53)72-25-23-61(24-26-74(69,70)71)46(65)17-8-7-11-21-56-45(64)27-55)35-63-36(2)40(28-57-63)38-18-19-44(59-47(38)49(67)68)62-22-20-37-13-12-14-39(41(37)29-62)48(66)60-50-58-42-15-9-10-16-43(42)73-50/h9-10,12-16,18-19,28H,6-8,11,17,20-27,29-35H2,1-5H3,(H,56,64)(H,67,68)(H,58,60,66)(H,69,70,71). The molecule has 3 atom stereocenters. The summed E-state index contributed by atoms with van der Waals surface area (Å²) in [6.07, 6.45) is 9.56. The van der Waals surface area contributed by atoms with Gasteiger partial charge in [-0.05, 0) is 122 Å². The van der Waals surface area contributed by atoms with Crippen molar-refractivity contribution in [1.82, 2.24) is 30.0 Å². The maximum Gasteiger partial charge on any atom is 0.355 e. The van der Waals surface area contributed by atoms with E-state index in [0.29, 0.717) is 79.5 Å². The summed E-state index contributed by atoms with van der Waals surface area (Å²) in [5, 5.41) is 21.8. The second-order valence-electron chi connectivity index (χ2n) is 21.9. The lowest BCUT2D eigenvalue weighted by Gasteiger charge is -2.62. The van der Waals surface area contributed by atoms with Crippen molar-refractivity contribution < 1.29 is 42.0 Å². The van der Waals surface area contributed by atoms with Crippen LogP contribution in [0.5, 0.6) is 0 Å². The number of hydrogen-bond donors (Lipinski definition) is 4. The van der Waals surface area contributed by atoms with Crippen LogP contribution in [0.2, 0.25) is 0 Å². The van der Waals surface area contributed by atoms with E-state index in [1.165, 1.54) is 16.2 Å². The lowest BCUT2D eigenvalue weighted by atomic mass is 9.47. The number of nitrogens with zero attached hydrogens (tertiary/aromatic N) is 6. The van der Waals surface area contributed by atoms with E-state index in [9.17, 15) is 37.3 Å². The molecule has 4 N–H and O–H groups in total. The number of pyridine rings is 1. The molecule has 20 heteroatoms. The minimum atomic E-state index is -4.33. The number of unbranched alkanes of at least 4 members (excludes halogenated alkanes) is 2. The molecule has 3 aliphatic rings. The number of nitrogens with one attached hydrogen (secondary N) is 2. The number of rotatable bonds is 22. The summed E-state index contributed by atoms with van der Waals surface area (Å²) in [6.45, 7) is 13.2. The average Bonchev–Trinajstić information content (AvgIpc) is 3.92. The van der Waals surface area contributed by atoms with Crippen LogP contribution in [0.15, 0.2) is 60.8 Å². The Hall–Kier alpha value is -5.47. The number of halogens is 1. The van der Waals surface area contributed by atoms with Crippen LogP contribution in [0.1, 0.15) is 130 Å². The summed E-state index contributed by atoms with van der Waals surface area (Å²) < 4.78 is 43.3. The number of carbonyl (C=O) groups excluding carboxylic acids is 3. The van der Waals surface area contributed by atoms with E-state index in [1.807, 2.05) is 65.0 Å². The highest BCUT2D eigenvalue weighted by Gasteiger charge is 2.59. The number of thiazole rings is 1. The molecule has 2 saturated carbocycles. The maximum atomic E-state index is 13.7. The number of carboxylic acid groups (broad SMARTS) is 1. The van der Waals surface area contributed by atoms with E-state index < -0.39 is 27.4 Å². The molecule has 5 aromatic rings. The van der Waals surface area contributed by atoms with Gasteiger partial charge < -0.3 is 25.0 Å². The van der Waals surface area contributed by atoms with Crippen molar-refractivity contribution in [2.75, 3.05) is 54.6 Å². The Balaban J connectivity index is 0.973. The van der Waals surface area contributed by atoms with Crippen LogP contribution in [0, 0.1) is 23.2 Å².